The monoisotopic (exact) mass is 304 g/mol. The van der Waals surface area contributed by atoms with Gasteiger partial charge in [0, 0.05) is 13.7 Å². The Balaban J connectivity index is 1.73. The van der Waals surface area contributed by atoms with Crippen molar-refractivity contribution < 1.29 is 9.53 Å². The number of carbonyl (C=O) groups is 1. The Labute approximate surface area is 133 Å². The van der Waals surface area contributed by atoms with E-state index in [0.717, 1.165) is 25.4 Å². The summed E-state index contributed by atoms with van der Waals surface area (Å²) in [7, 11) is 1.65. The Hall–Kier alpha value is -1.39. The number of benzene rings is 1. The third kappa shape index (κ3) is 5.11. The summed E-state index contributed by atoms with van der Waals surface area (Å²) in [4.78, 5) is 14.4. The molecule has 4 heteroatoms. The molecule has 1 aromatic carbocycles. The molecule has 4 nitrogen and oxygen atoms in total. The Morgan fingerprint density at radius 2 is 2.00 bits per heavy atom. The van der Waals surface area contributed by atoms with E-state index in [1.54, 1.807) is 7.11 Å². The maximum atomic E-state index is 12.1. The number of ether oxygens (including phenoxy) is 1. The summed E-state index contributed by atoms with van der Waals surface area (Å²) >= 11 is 0. The van der Waals surface area contributed by atoms with Crippen molar-refractivity contribution in [2.75, 3.05) is 33.4 Å². The average Bonchev–Trinajstić information content (AvgIpc) is 2.56. The number of nitrogens with zero attached hydrogens (tertiary/aromatic N) is 1. The minimum absolute atomic E-state index is 0.0467. The number of carbonyl (C=O) groups excluding carboxylic acids is 1. The molecule has 1 aromatic rings. The number of hydrogen-bond acceptors (Lipinski definition) is 3. The predicted octanol–water partition coefficient (Wildman–Crippen LogP) is 2.09. The topological polar surface area (TPSA) is 41.6 Å². The lowest BCUT2D eigenvalue weighted by Gasteiger charge is -2.35. The summed E-state index contributed by atoms with van der Waals surface area (Å²) < 4.78 is 4.96. The highest BCUT2D eigenvalue weighted by Crippen LogP contribution is 2.22. The fraction of sp³-hybridized carbons (Fsp3) is 0.611. The van der Waals surface area contributed by atoms with E-state index in [0.29, 0.717) is 13.2 Å². The van der Waals surface area contributed by atoms with E-state index in [9.17, 15) is 4.79 Å². The summed E-state index contributed by atoms with van der Waals surface area (Å²) in [6.07, 6.45) is 3.50. The number of piperidine rings is 1. The quantitative estimate of drug-likeness (QED) is 0.784. The number of rotatable bonds is 7. The zero-order chi connectivity index (χ0) is 15.8. The zero-order valence-corrected chi connectivity index (χ0v) is 13.8. The molecule has 0 spiro atoms. The van der Waals surface area contributed by atoms with Crippen LogP contribution in [0.25, 0.3) is 0 Å². The maximum Gasteiger partial charge on any atom is 0.237 e. The smallest absolute Gasteiger partial charge is 0.237 e. The van der Waals surface area contributed by atoms with Crippen LogP contribution in [0, 0.1) is 5.92 Å². The van der Waals surface area contributed by atoms with Gasteiger partial charge in [-0.3, -0.25) is 9.69 Å². The Bertz CT molecular complexity index is 442. The summed E-state index contributed by atoms with van der Waals surface area (Å²) in [5.74, 6) is 0.848. The highest BCUT2D eigenvalue weighted by Gasteiger charge is 2.26. The second-order valence-electron chi connectivity index (χ2n) is 6.13. The summed E-state index contributed by atoms with van der Waals surface area (Å²) in [6, 6.07) is 10.6. The van der Waals surface area contributed by atoms with Crippen LogP contribution in [0.1, 0.15) is 25.3 Å². The fourth-order valence-corrected chi connectivity index (χ4v) is 3.08. The Kier molecular flexibility index (Phi) is 6.87. The lowest BCUT2D eigenvalue weighted by Crippen LogP contribution is -2.48. The third-order valence-corrected chi connectivity index (χ3v) is 4.55. The second kappa shape index (κ2) is 8.91. The van der Waals surface area contributed by atoms with E-state index in [1.165, 1.54) is 18.4 Å². The van der Waals surface area contributed by atoms with E-state index in [4.69, 9.17) is 4.74 Å². The summed E-state index contributed by atoms with van der Waals surface area (Å²) in [6.45, 7) is 5.17. The second-order valence-corrected chi connectivity index (χ2v) is 6.13. The lowest BCUT2D eigenvalue weighted by atomic mass is 9.89. The standard InChI is InChI=1S/C18H28N2O2/c1-15(18(21)19-10-13-22-2)20-11-8-17(9-12-20)14-16-6-4-3-5-7-16/h3-7,15,17H,8-14H2,1-2H3,(H,19,21)/t15-/m0/s1. The number of methoxy groups -OCH3 is 1. The highest BCUT2D eigenvalue weighted by molar-refractivity contribution is 5.81. The molecule has 1 heterocycles. The largest absolute Gasteiger partial charge is 0.383 e. The molecule has 22 heavy (non-hydrogen) atoms. The average molecular weight is 304 g/mol. The first kappa shape index (κ1) is 17.0. The van der Waals surface area contributed by atoms with Gasteiger partial charge < -0.3 is 10.1 Å². The van der Waals surface area contributed by atoms with Crippen LogP contribution >= 0.6 is 0 Å². The van der Waals surface area contributed by atoms with E-state index in [-0.39, 0.29) is 11.9 Å². The number of hydrogen-bond donors (Lipinski definition) is 1. The SMILES string of the molecule is COCCNC(=O)[C@H](C)N1CCC(Cc2ccccc2)CC1. The van der Waals surface area contributed by atoms with Gasteiger partial charge >= 0.3 is 0 Å². The first-order chi connectivity index (χ1) is 10.7. The van der Waals surface area contributed by atoms with Crippen molar-refractivity contribution >= 4 is 5.91 Å². The van der Waals surface area contributed by atoms with Crippen molar-refractivity contribution in [3.05, 3.63) is 35.9 Å². The van der Waals surface area contributed by atoms with E-state index in [1.807, 2.05) is 6.92 Å². The van der Waals surface area contributed by atoms with Gasteiger partial charge in [0.05, 0.1) is 12.6 Å². The maximum absolute atomic E-state index is 12.1. The van der Waals surface area contributed by atoms with Gasteiger partial charge in [-0.1, -0.05) is 30.3 Å². The van der Waals surface area contributed by atoms with Crippen molar-refractivity contribution in [1.29, 1.82) is 0 Å². The molecule has 0 radical (unpaired) electrons. The van der Waals surface area contributed by atoms with E-state index < -0.39 is 0 Å². The molecule has 0 bridgehead atoms. The molecule has 1 aliphatic heterocycles. The van der Waals surface area contributed by atoms with Crippen molar-refractivity contribution in [2.24, 2.45) is 5.92 Å². The van der Waals surface area contributed by atoms with E-state index in [2.05, 4.69) is 40.5 Å². The van der Waals surface area contributed by atoms with Crippen LogP contribution in [0.5, 0.6) is 0 Å². The molecule has 2 rings (SSSR count). The molecule has 1 saturated heterocycles. The van der Waals surface area contributed by atoms with Crippen LogP contribution in [-0.4, -0.2) is 50.2 Å². The molecule has 1 atom stereocenters. The van der Waals surface area contributed by atoms with Crippen LogP contribution in [0.15, 0.2) is 30.3 Å². The van der Waals surface area contributed by atoms with Crippen molar-refractivity contribution in [2.45, 2.75) is 32.2 Å². The van der Waals surface area contributed by atoms with Gasteiger partial charge in [-0.05, 0) is 50.8 Å². The van der Waals surface area contributed by atoms with Crippen LogP contribution in [-0.2, 0) is 16.0 Å². The van der Waals surface area contributed by atoms with Crippen molar-refractivity contribution in [1.82, 2.24) is 10.2 Å². The lowest BCUT2D eigenvalue weighted by molar-refractivity contribution is -0.126. The molecular weight excluding hydrogens is 276 g/mol. The van der Waals surface area contributed by atoms with Gasteiger partial charge in [-0.25, -0.2) is 0 Å². The van der Waals surface area contributed by atoms with Crippen LogP contribution in [0.4, 0.5) is 0 Å². The van der Waals surface area contributed by atoms with Gasteiger partial charge in [0.25, 0.3) is 0 Å². The van der Waals surface area contributed by atoms with E-state index >= 15 is 0 Å². The normalized spacial score (nSPS) is 18.1. The van der Waals surface area contributed by atoms with Crippen LogP contribution < -0.4 is 5.32 Å². The molecule has 1 amide bonds. The molecule has 122 valence electrons. The molecule has 0 aliphatic carbocycles. The Morgan fingerprint density at radius 3 is 2.64 bits per heavy atom. The summed E-state index contributed by atoms with van der Waals surface area (Å²) in [5, 5.41) is 2.93. The van der Waals surface area contributed by atoms with Crippen molar-refractivity contribution in [3.63, 3.8) is 0 Å². The molecular formula is C18H28N2O2. The fourth-order valence-electron chi connectivity index (χ4n) is 3.08. The molecule has 0 aromatic heterocycles. The minimum Gasteiger partial charge on any atom is -0.383 e. The third-order valence-electron chi connectivity index (χ3n) is 4.55. The van der Waals surface area contributed by atoms with Crippen molar-refractivity contribution in [3.8, 4) is 0 Å². The van der Waals surface area contributed by atoms with Gasteiger partial charge in [0.1, 0.15) is 0 Å². The van der Waals surface area contributed by atoms with Gasteiger partial charge in [-0.15, -0.1) is 0 Å². The zero-order valence-electron chi connectivity index (χ0n) is 13.8. The predicted molar refractivity (Wildman–Crippen MR) is 88.8 cm³/mol. The van der Waals surface area contributed by atoms with Gasteiger partial charge in [-0.2, -0.15) is 0 Å². The van der Waals surface area contributed by atoms with Crippen LogP contribution in [0.3, 0.4) is 0 Å². The first-order valence-electron chi connectivity index (χ1n) is 8.25. The minimum atomic E-state index is -0.0467. The highest BCUT2D eigenvalue weighted by atomic mass is 16.5. The molecule has 0 unspecified atom stereocenters. The van der Waals surface area contributed by atoms with Gasteiger partial charge in [0.2, 0.25) is 5.91 Å². The molecule has 1 aliphatic rings. The Morgan fingerprint density at radius 1 is 1.32 bits per heavy atom. The molecule has 1 fully saturated rings. The molecule has 1 N–H and O–H groups in total. The number of likely N-dealkylation sites (tertiary alicyclic amines) is 1. The van der Waals surface area contributed by atoms with Crippen LogP contribution in [0.2, 0.25) is 0 Å². The number of nitrogens with one attached hydrogen (secondary N) is 1. The first-order valence-corrected chi connectivity index (χ1v) is 8.25. The number of amides is 1. The molecule has 0 saturated carbocycles. The summed E-state index contributed by atoms with van der Waals surface area (Å²) in [5.41, 5.74) is 1.42. The van der Waals surface area contributed by atoms with Gasteiger partial charge in [0.15, 0.2) is 0 Å².